The number of pyridine rings is 1. The molecule has 0 spiro atoms. The van der Waals surface area contributed by atoms with Gasteiger partial charge in [0, 0.05) is 38.1 Å². The van der Waals surface area contributed by atoms with Crippen molar-refractivity contribution >= 4 is 12.1 Å². The van der Waals surface area contributed by atoms with Crippen molar-refractivity contribution in [3.8, 4) is 0 Å². The molecular weight excluding hydrogens is 366 g/mol. The first kappa shape index (κ1) is 22.7. The van der Waals surface area contributed by atoms with Crippen LogP contribution in [-0.2, 0) is 11.3 Å². The van der Waals surface area contributed by atoms with Crippen LogP contribution in [0.3, 0.4) is 0 Å². The lowest BCUT2D eigenvalue weighted by molar-refractivity contribution is 0.0232. The third-order valence-corrected chi connectivity index (χ3v) is 4.30. The van der Waals surface area contributed by atoms with Gasteiger partial charge in [0.15, 0.2) is 5.96 Å². The molecule has 2 rings (SSSR count). The molecule has 1 aliphatic carbocycles. The quantitative estimate of drug-likeness (QED) is 0.302. The minimum absolute atomic E-state index is 0.313. The van der Waals surface area contributed by atoms with Crippen molar-refractivity contribution in [1.82, 2.24) is 20.5 Å². The van der Waals surface area contributed by atoms with Crippen LogP contribution in [0.2, 0.25) is 0 Å². The SMILES string of the molecule is CCNC(=NCCCN(Cc1cccnc1)C(=O)OC(C)(C)C)NC1CC=CC1. The van der Waals surface area contributed by atoms with Crippen molar-refractivity contribution in [2.24, 2.45) is 4.99 Å². The molecule has 0 atom stereocenters. The van der Waals surface area contributed by atoms with E-state index in [4.69, 9.17) is 4.74 Å². The van der Waals surface area contributed by atoms with Crippen LogP contribution < -0.4 is 10.6 Å². The lowest BCUT2D eigenvalue weighted by Gasteiger charge is -2.27. The first-order valence-corrected chi connectivity index (χ1v) is 10.4. The van der Waals surface area contributed by atoms with Crippen LogP contribution in [0, 0.1) is 0 Å². The fourth-order valence-electron chi connectivity index (χ4n) is 2.97. The molecule has 0 aliphatic heterocycles. The van der Waals surface area contributed by atoms with Gasteiger partial charge in [-0.1, -0.05) is 18.2 Å². The van der Waals surface area contributed by atoms with Gasteiger partial charge in [-0.15, -0.1) is 0 Å². The van der Waals surface area contributed by atoms with Crippen molar-refractivity contribution in [1.29, 1.82) is 0 Å². The Labute approximate surface area is 174 Å². The van der Waals surface area contributed by atoms with Crippen LogP contribution in [0.5, 0.6) is 0 Å². The lowest BCUT2D eigenvalue weighted by atomic mass is 10.2. The Morgan fingerprint density at radius 2 is 2.10 bits per heavy atom. The van der Waals surface area contributed by atoms with E-state index in [2.05, 4.69) is 39.7 Å². The van der Waals surface area contributed by atoms with E-state index < -0.39 is 5.60 Å². The highest BCUT2D eigenvalue weighted by atomic mass is 16.6. The second-order valence-corrected chi connectivity index (χ2v) is 8.16. The topological polar surface area (TPSA) is 78.9 Å². The molecule has 1 aliphatic rings. The Kier molecular flexibility index (Phi) is 8.96. The van der Waals surface area contributed by atoms with Gasteiger partial charge in [-0.3, -0.25) is 9.98 Å². The summed E-state index contributed by atoms with van der Waals surface area (Å²) in [5.74, 6) is 0.831. The van der Waals surface area contributed by atoms with Gasteiger partial charge in [-0.2, -0.15) is 0 Å². The highest BCUT2D eigenvalue weighted by Gasteiger charge is 2.22. The van der Waals surface area contributed by atoms with Gasteiger partial charge < -0.3 is 20.3 Å². The third kappa shape index (κ3) is 8.98. The normalized spacial score (nSPS) is 14.7. The minimum atomic E-state index is -0.528. The van der Waals surface area contributed by atoms with Gasteiger partial charge in [0.25, 0.3) is 0 Å². The van der Waals surface area contributed by atoms with Gasteiger partial charge in [0.05, 0.1) is 6.54 Å². The molecule has 1 heterocycles. The highest BCUT2D eigenvalue weighted by molar-refractivity contribution is 5.80. The number of aromatic nitrogens is 1. The molecule has 0 radical (unpaired) electrons. The second kappa shape index (κ2) is 11.4. The van der Waals surface area contributed by atoms with Gasteiger partial charge in [-0.05, 0) is 58.6 Å². The summed E-state index contributed by atoms with van der Waals surface area (Å²) in [6.07, 6.45) is 10.4. The standard InChI is InChI=1S/C22H35N5O2/c1-5-24-20(26-19-11-6-7-12-19)25-14-9-15-27(21(28)29-22(2,3)4)17-18-10-8-13-23-16-18/h6-8,10,13,16,19H,5,9,11-12,14-15,17H2,1-4H3,(H2,24,25,26). The van der Waals surface area contributed by atoms with E-state index in [1.807, 2.05) is 32.9 Å². The molecule has 1 aromatic heterocycles. The molecule has 0 bridgehead atoms. The maximum Gasteiger partial charge on any atom is 0.410 e. The van der Waals surface area contributed by atoms with Crippen molar-refractivity contribution in [3.05, 3.63) is 42.2 Å². The van der Waals surface area contributed by atoms with Gasteiger partial charge in [0.2, 0.25) is 0 Å². The summed E-state index contributed by atoms with van der Waals surface area (Å²) >= 11 is 0. The number of ether oxygens (including phenoxy) is 1. The van der Waals surface area contributed by atoms with E-state index in [0.29, 0.717) is 25.7 Å². The number of nitrogens with one attached hydrogen (secondary N) is 2. The molecule has 160 valence electrons. The van der Waals surface area contributed by atoms with Crippen LogP contribution >= 0.6 is 0 Å². The molecule has 2 N–H and O–H groups in total. The fraction of sp³-hybridized carbons (Fsp3) is 0.591. The third-order valence-electron chi connectivity index (χ3n) is 4.30. The van der Waals surface area contributed by atoms with Gasteiger partial charge in [-0.25, -0.2) is 4.79 Å². The number of hydrogen-bond acceptors (Lipinski definition) is 4. The first-order chi connectivity index (χ1) is 13.9. The molecule has 7 nitrogen and oxygen atoms in total. The number of nitrogens with zero attached hydrogens (tertiary/aromatic N) is 3. The molecule has 0 saturated carbocycles. The lowest BCUT2D eigenvalue weighted by Crippen LogP contribution is -2.42. The number of amides is 1. The maximum atomic E-state index is 12.6. The molecule has 29 heavy (non-hydrogen) atoms. The van der Waals surface area contributed by atoms with Crippen LogP contribution in [0.15, 0.2) is 41.7 Å². The summed E-state index contributed by atoms with van der Waals surface area (Å²) in [4.78, 5) is 23.2. The average molecular weight is 402 g/mol. The smallest absolute Gasteiger partial charge is 0.410 e. The van der Waals surface area contributed by atoms with E-state index in [0.717, 1.165) is 37.3 Å². The van der Waals surface area contributed by atoms with Crippen molar-refractivity contribution in [2.45, 2.75) is 65.1 Å². The first-order valence-electron chi connectivity index (χ1n) is 10.4. The Hall–Kier alpha value is -2.57. The highest BCUT2D eigenvalue weighted by Crippen LogP contribution is 2.13. The van der Waals surface area contributed by atoms with E-state index in [1.54, 1.807) is 17.3 Å². The van der Waals surface area contributed by atoms with E-state index in [9.17, 15) is 4.79 Å². The van der Waals surface area contributed by atoms with Crippen molar-refractivity contribution < 1.29 is 9.53 Å². The number of carbonyl (C=O) groups is 1. The zero-order valence-corrected chi connectivity index (χ0v) is 18.1. The largest absolute Gasteiger partial charge is 0.444 e. The van der Waals surface area contributed by atoms with Crippen molar-refractivity contribution in [2.75, 3.05) is 19.6 Å². The number of carbonyl (C=O) groups excluding carboxylic acids is 1. The molecule has 0 fully saturated rings. The van der Waals surface area contributed by atoms with Crippen LogP contribution in [-0.4, -0.2) is 53.2 Å². The van der Waals surface area contributed by atoms with E-state index in [1.165, 1.54) is 0 Å². The summed E-state index contributed by atoms with van der Waals surface area (Å²) in [6.45, 7) is 10.2. The molecule has 0 saturated heterocycles. The molecule has 0 aromatic carbocycles. The zero-order chi connectivity index (χ0) is 21.1. The number of aliphatic imine (C=N–C) groups is 1. The maximum absolute atomic E-state index is 12.6. The minimum Gasteiger partial charge on any atom is -0.444 e. The number of hydrogen-bond donors (Lipinski definition) is 2. The zero-order valence-electron chi connectivity index (χ0n) is 18.1. The summed E-state index contributed by atoms with van der Waals surface area (Å²) in [6, 6.07) is 4.25. The number of guanidine groups is 1. The molecular formula is C22H35N5O2. The summed E-state index contributed by atoms with van der Waals surface area (Å²) in [7, 11) is 0. The molecule has 0 unspecified atom stereocenters. The summed E-state index contributed by atoms with van der Waals surface area (Å²) < 4.78 is 5.58. The van der Waals surface area contributed by atoms with Crippen LogP contribution in [0.25, 0.3) is 0 Å². The molecule has 7 heteroatoms. The predicted molar refractivity (Wildman–Crippen MR) is 117 cm³/mol. The number of rotatable bonds is 8. The summed E-state index contributed by atoms with van der Waals surface area (Å²) in [5.41, 5.74) is 0.450. The Morgan fingerprint density at radius 1 is 1.34 bits per heavy atom. The van der Waals surface area contributed by atoms with Crippen molar-refractivity contribution in [3.63, 3.8) is 0 Å². The Morgan fingerprint density at radius 3 is 2.72 bits per heavy atom. The van der Waals surface area contributed by atoms with E-state index >= 15 is 0 Å². The Bertz CT molecular complexity index is 674. The average Bonchev–Trinajstić information content (AvgIpc) is 3.16. The monoisotopic (exact) mass is 401 g/mol. The summed E-state index contributed by atoms with van der Waals surface area (Å²) in [5, 5.41) is 6.75. The molecule has 1 amide bonds. The fourth-order valence-corrected chi connectivity index (χ4v) is 2.97. The van der Waals surface area contributed by atoms with Gasteiger partial charge in [0.1, 0.15) is 5.60 Å². The molecule has 1 aromatic rings. The second-order valence-electron chi connectivity index (χ2n) is 8.16. The van der Waals surface area contributed by atoms with Gasteiger partial charge >= 0.3 is 6.09 Å². The predicted octanol–water partition coefficient (Wildman–Crippen LogP) is 3.48. The van der Waals surface area contributed by atoms with E-state index in [-0.39, 0.29) is 6.09 Å². The Balaban J connectivity index is 1.91. The van der Waals surface area contributed by atoms with Crippen LogP contribution in [0.1, 0.15) is 52.5 Å². The van der Waals surface area contributed by atoms with Crippen LogP contribution in [0.4, 0.5) is 4.79 Å².